The van der Waals surface area contributed by atoms with E-state index < -0.39 is 0 Å². The summed E-state index contributed by atoms with van der Waals surface area (Å²) in [6, 6.07) is 1.68. The van der Waals surface area contributed by atoms with Crippen LogP contribution >= 0.6 is 27.5 Å². The summed E-state index contributed by atoms with van der Waals surface area (Å²) in [5, 5.41) is 2.48. The number of hydrogen-bond donors (Lipinski definition) is 1. The molecule has 0 aromatic carbocycles. The van der Waals surface area contributed by atoms with Crippen molar-refractivity contribution < 1.29 is 4.79 Å². The molecule has 0 spiro atoms. The van der Waals surface area contributed by atoms with Gasteiger partial charge in [0.2, 0.25) is 0 Å². The normalized spacial score (nSPS) is 9.40. The number of rotatable bonds is 1. The molecule has 54 valence electrons. The highest BCUT2D eigenvalue weighted by Gasteiger charge is 2.05. The van der Waals surface area contributed by atoms with Crippen molar-refractivity contribution in [3.8, 4) is 0 Å². The number of carbonyl (C=O) groups excluding carboxylic acids is 1. The van der Waals surface area contributed by atoms with Crippen LogP contribution in [0.25, 0.3) is 0 Å². The third-order valence-corrected chi connectivity index (χ3v) is 2.18. The molecule has 1 aromatic heterocycles. The number of hydrogen-bond acceptors (Lipinski definition) is 3. The van der Waals surface area contributed by atoms with Gasteiger partial charge in [0.25, 0.3) is 5.91 Å². The summed E-state index contributed by atoms with van der Waals surface area (Å²) in [5.41, 5.74) is 0.458. The van der Waals surface area contributed by atoms with Crippen molar-refractivity contribution in [1.82, 2.24) is 9.69 Å². The van der Waals surface area contributed by atoms with Crippen LogP contribution in [0.5, 0.6) is 0 Å². The van der Waals surface area contributed by atoms with Crippen LogP contribution in [0.4, 0.5) is 0 Å². The standard InChI is InChI=1S/C5H5BrN2OS/c1-7-5(9)3-2-4(6)10-8-3/h2H,1H3,(H,7,9). The Hall–Kier alpha value is -0.420. The molecule has 0 atom stereocenters. The average molecular weight is 221 g/mol. The van der Waals surface area contributed by atoms with E-state index in [0.717, 1.165) is 3.79 Å². The van der Waals surface area contributed by atoms with Crippen LogP contribution in [0.15, 0.2) is 9.85 Å². The first-order valence-electron chi connectivity index (χ1n) is 2.58. The molecule has 0 aliphatic heterocycles. The first kappa shape index (κ1) is 7.68. The van der Waals surface area contributed by atoms with Gasteiger partial charge in [-0.25, -0.2) is 0 Å². The molecule has 0 saturated carbocycles. The van der Waals surface area contributed by atoms with Crippen LogP contribution in [0.1, 0.15) is 10.5 Å². The highest BCUT2D eigenvalue weighted by molar-refractivity contribution is 9.11. The maximum absolute atomic E-state index is 10.8. The SMILES string of the molecule is CNC(=O)c1cc(Br)sn1. The van der Waals surface area contributed by atoms with Gasteiger partial charge < -0.3 is 5.32 Å². The van der Waals surface area contributed by atoms with Gasteiger partial charge in [0, 0.05) is 7.05 Å². The van der Waals surface area contributed by atoms with Gasteiger partial charge in [-0.3, -0.25) is 4.79 Å². The number of aromatic nitrogens is 1. The molecule has 0 aliphatic carbocycles. The van der Waals surface area contributed by atoms with Crippen molar-refractivity contribution in [2.24, 2.45) is 0 Å². The lowest BCUT2D eigenvalue weighted by Crippen LogP contribution is -2.17. The molecule has 0 saturated heterocycles. The van der Waals surface area contributed by atoms with Gasteiger partial charge in [-0.2, -0.15) is 4.37 Å². The van der Waals surface area contributed by atoms with Crippen molar-refractivity contribution in [3.63, 3.8) is 0 Å². The number of amides is 1. The lowest BCUT2D eigenvalue weighted by molar-refractivity contribution is 0.0959. The van der Waals surface area contributed by atoms with Crippen LogP contribution in [-0.2, 0) is 0 Å². The Balaban J connectivity index is 2.85. The Labute approximate surface area is 70.7 Å². The summed E-state index contributed by atoms with van der Waals surface area (Å²) in [4.78, 5) is 10.8. The zero-order chi connectivity index (χ0) is 7.56. The molecule has 5 heteroatoms. The summed E-state index contributed by atoms with van der Waals surface area (Å²) < 4.78 is 4.74. The van der Waals surface area contributed by atoms with Crippen LogP contribution in [0, 0.1) is 0 Å². The van der Waals surface area contributed by atoms with Crippen LogP contribution in [0.3, 0.4) is 0 Å². The number of nitrogens with one attached hydrogen (secondary N) is 1. The largest absolute Gasteiger partial charge is 0.354 e. The molecule has 0 unspecified atom stereocenters. The Bertz CT molecular complexity index is 248. The van der Waals surface area contributed by atoms with E-state index in [4.69, 9.17) is 0 Å². The van der Waals surface area contributed by atoms with Crippen molar-refractivity contribution in [2.75, 3.05) is 7.05 Å². The third-order valence-electron chi connectivity index (χ3n) is 0.941. The zero-order valence-corrected chi connectivity index (χ0v) is 7.62. The minimum Gasteiger partial charge on any atom is -0.354 e. The summed E-state index contributed by atoms with van der Waals surface area (Å²) in [5.74, 6) is -0.151. The van der Waals surface area contributed by atoms with Crippen molar-refractivity contribution in [1.29, 1.82) is 0 Å². The molecule has 1 aromatic rings. The Kier molecular flexibility index (Phi) is 2.39. The Morgan fingerprint density at radius 2 is 2.60 bits per heavy atom. The topological polar surface area (TPSA) is 42.0 Å². The molecule has 1 heterocycles. The molecule has 3 nitrogen and oxygen atoms in total. The maximum atomic E-state index is 10.8. The second kappa shape index (κ2) is 3.12. The lowest BCUT2D eigenvalue weighted by Gasteiger charge is -1.89. The molecule has 0 bridgehead atoms. The molecule has 0 fully saturated rings. The van der Waals surface area contributed by atoms with E-state index in [1.165, 1.54) is 11.5 Å². The third kappa shape index (κ3) is 1.54. The van der Waals surface area contributed by atoms with E-state index in [0.29, 0.717) is 5.69 Å². The van der Waals surface area contributed by atoms with E-state index >= 15 is 0 Å². The molecule has 0 aliphatic rings. The van der Waals surface area contributed by atoms with Crippen LogP contribution in [0.2, 0.25) is 0 Å². The second-order valence-electron chi connectivity index (χ2n) is 1.60. The van der Waals surface area contributed by atoms with Gasteiger partial charge in [-0.1, -0.05) is 0 Å². The molecule has 1 N–H and O–H groups in total. The number of nitrogens with zero attached hydrogens (tertiary/aromatic N) is 1. The van der Waals surface area contributed by atoms with Gasteiger partial charge in [0.15, 0.2) is 0 Å². The predicted octanol–water partition coefficient (Wildman–Crippen LogP) is 1.27. The first-order chi connectivity index (χ1) is 4.74. The molecular weight excluding hydrogens is 216 g/mol. The van der Waals surface area contributed by atoms with E-state index in [-0.39, 0.29) is 5.91 Å². The second-order valence-corrected chi connectivity index (χ2v) is 3.78. The highest BCUT2D eigenvalue weighted by Crippen LogP contribution is 2.16. The zero-order valence-electron chi connectivity index (χ0n) is 5.22. The van der Waals surface area contributed by atoms with Crippen LogP contribution < -0.4 is 5.32 Å². The summed E-state index contributed by atoms with van der Waals surface area (Å²) >= 11 is 4.46. The maximum Gasteiger partial charge on any atom is 0.270 e. The summed E-state index contributed by atoms with van der Waals surface area (Å²) in [6.07, 6.45) is 0. The van der Waals surface area contributed by atoms with Crippen molar-refractivity contribution >= 4 is 33.4 Å². The van der Waals surface area contributed by atoms with Gasteiger partial charge >= 0.3 is 0 Å². The molecular formula is C5H5BrN2OS. The summed E-state index contributed by atoms with van der Waals surface area (Å²) in [6.45, 7) is 0. The fourth-order valence-corrected chi connectivity index (χ4v) is 1.41. The number of carbonyl (C=O) groups is 1. The van der Waals surface area contributed by atoms with Gasteiger partial charge in [-0.05, 0) is 33.5 Å². The minimum atomic E-state index is -0.151. The molecule has 1 rings (SSSR count). The number of halogens is 1. The predicted molar refractivity (Wildman–Crippen MR) is 43.2 cm³/mol. The Morgan fingerprint density at radius 1 is 1.90 bits per heavy atom. The molecule has 0 radical (unpaired) electrons. The average Bonchev–Trinajstić information content (AvgIpc) is 2.34. The van der Waals surface area contributed by atoms with E-state index in [1.807, 2.05) is 0 Å². The lowest BCUT2D eigenvalue weighted by atomic mass is 10.4. The fraction of sp³-hybridized carbons (Fsp3) is 0.200. The highest BCUT2D eigenvalue weighted by atomic mass is 79.9. The van der Waals surface area contributed by atoms with Crippen molar-refractivity contribution in [3.05, 3.63) is 15.5 Å². The van der Waals surface area contributed by atoms with Crippen LogP contribution in [-0.4, -0.2) is 17.3 Å². The van der Waals surface area contributed by atoms with Gasteiger partial charge in [-0.15, -0.1) is 0 Å². The van der Waals surface area contributed by atoms with Gasteiger partial charge in [0.05, 0.1) is 3.79 Å². The monoisotopic (exact) mass is 220 g/mol. The van der Waals surface area contributed by atoms with Gasteiger partial charge in [0.1, 0.15) is 5.69 Å². The first-order valence-corrected chi connectivity index (χ1v) is 4.15. The van der Waals surface area contributed by atoms with E-state index in [9.17, 15) is 4.79 Å². The smallest absolute Gasteiger partial charge is 0.270 e. The Morgan fingerprint density at radius 3 is 3.00 bits per heavy atom. The molecule has 1 amide bonds. The van der Waals surface area contributed by atoms with E-state index in [1.54, 1.807) is 13.1 Å². The molecule has 10 heavy (non-hydrogen) atoms. The minimum absolute atomic E-state index is 0.151. The van der Waals surface area contributed by atoms with E-state index in [2.05, 4.69) is 25.6 Å². The fourth-order valence-electron chi connectivity index (χ4n) is 0.488. The van der Waals surface area contributed by atoms with Crippen molar-refractivity contribution in [2.45, 2.75) is 0 Å². The quantitative estimate of drug-likeness (QED) is 0.775. The summed E-state index contributed by atoms with van der Waals surface area (Å²) in [7, 11) is 1.58.